The van der Waals surface area contributed by atoms with E-state index in [2.05, 4.69) is 0 Å². The third-order valence-electron chi connectivity index (χ3n) is 2.62. The Morgan fingerprint density at radius 2 is 1.79 bits per heavy atom. The van der Waals surface area contributed by atoms with E-state index in [1.54, 1.807) is 32.9 Å². The van der Waals surface area contributed by atoms with Gasteiger partial charge in [0.2, 0.25) is 0 Å². The minimum atomic E-state index is -1.03. The minimum absolute atomic E-state index is 0.189. The van der Waals surface area contributed by atoms with Gasteiger partial charge in [-0.25, -0.2) is 0 Å². The number of para-hydroxylation sites is 1. The summed E-state index contributed by atoms with van der Waals surface area (Å²) >= 11 is 0. The molecule has 1 amide bonds. The number of benzene rings is 1. The monoisotopic (exact) mass is 265 g/mol. The first-order chi connectivity index (χ1) is 8.91. The van der Waals surface area contributed by atoms with Crippen molar-refractivity contribution in [2.24, 2.45) is 0 Å². The summed E-state index contributed by atoms with van der Waals surface area (Å²) in [5.74, 6) is -0.780. The number of amides is 1. The average molecular weight is 265 g/mol. The third-order valence-corrected chi connectivity index (χ3v) is 2.62. The van der Waals surface area contributed by atoms with E-state index >= 15 is 0 Å². The molecule has 1 rings (SSSR count). The molecule has 0 aliphatic heterocycles. The summed E-state index contributed by atoms with van der Waals surface area (Å²) < 4.78 is 5.50. The number of carboxylic acids is 1. The molecule has 19 heavy (non-hydrogen) atoms. The normalized spacial score (nSPS) is 12.0. The maximum atomic E-state index is 12.2. The number of rotatable bonds is 6. The molecule has 0 radical (unpaired) electrons. The molecule has 0 aromatic heterocycles. The molecule has 0 heterocycles. The second kappa shape index (κ2) is 6.78. The molecule has 1 aromatic rings. The van der Waals surface area contributed by atoms with Gasteiger partial charge in [-0.2, -0.15) is 0 Å². The van der Waals surface area contributed by atoms with E-state index in [-0.39, 0.29) is 18.5 Å². The number of aliphatic carboxylic acids is 1. The van der Waals surface area contributed by atoms with Gasteiger partial charge in [-0.3, -0.25) is 9.59 Å². The molecule has 0 aliphatic carbocycles. The third kappa shape index (κ3) is 4.62. The molecule has 1 atom stereocenters. The molecule has 1 aromatic carbocycles. The van der Waals surface area contributed by atoms with Crippen LogP contribution in [0.25, 0.3) is 0 Å². The van der Waals surface area contributed by atoms with Gasteiger partial charge >= 0.3 is 5.97 Å². The molecule has 1 unspecified atom stereocenters. The van der Waals surface area contributed by atoms with Crippen molar-refractivity contribution in [1.82, 2.24) is 4.90 Å². The number of hydrogen-bond donors (Lipinski definition) is 1. The first kappa shape index (κ1) is 15.0. The van der Waals surface area contributed by atoms with Crippen LogP contribution in [0.5, 0.6) is 5.75 Å². The standard InChI is InChI=1S/C14H19NO4/c1-10(2)15(9-13(16)17)14(18)11(3)19-12-7-5-4-6-8-12/h4-8,10-11H,9H2,1-3H3,(H,16,17). The second-order valence-electron chi connectivity index (χ2n) is 4.53. The summed E-state index contributed by atoms with van der Waals surface area (Å²) in [5, 5.41) is 8.82. The molecule has 0 aliphatic rings. The zero-order chi connectivity index (χ0) is 14.4. The molecule has 0 fully saturated rings. The Bertz CT molecular complexity index is 430. The Morgan fingerprint density at radius 1 is 1.21 bits per heavy atom. The van der Waals surface area contributed by atoms with Gasteiger partial charge in [0, 0.05) is 6.04 Å². The molecule has 0 spiro atoms. The van der Waals surface area contributed by atoms with Gasteiger partial charge in [0.1, 0.15) is 12.3 Å². The van der Waals surface area contributed by atoms with Gasteiger partial charge in [0.05, 0.1) is 0 Å². The van der Waals surface area contributed by atoms with Gasteiger partial charge in [-0.05, 0) is 32.9 Å². The van der Waals surface area contributed by atoms with Gasteiger partial charge in [-0.1, -0.05) is 18.2 Å². The van der Waals surface area contributed by atoms with Crippen LogP contribution >= 0.6 is 0 Å². The fraction of sp³-hybridized carbons (Fsp3) is 0.429. The van der Waals surface area contributed by atoms with E-state index < -0.39 is 12.1 Å². The molecule has 104 valence electrons. The van der Waals surface area contributed by atoms with Gasteiger partial charge in [-0.15, -0.1) is 0 Å². The minimum Gasteiger partial charge on any atom is -0.481 e. The molecular weight excluding hydrogens is 246 g/mol. The zero-order valence-electron chi connectivity index (χ0n) is 11.4. The summed E-state index contributed by atoms with van der Waals surface area (Å²) in [6.45, 7) is 4.84. The lowest BCUT2D eigenvalue weighted by molar-refractivity contribution is -0.149. The first-order valence-corrected chi connectivity index (χ1v) is 6.15. The molecule has 1 N–H and O–H groups in total. The van der Waals surface area contributed by atoms with Gasteiger partial charge < -0.3 is 14.7 Å². The highest BCUT2D eigenvalue weighted by molar-refractivity contribution is 5.84. The highest BCUT2D eigenvalue weighted by Gasteiger charge is 2.25. The molecule has 5 nitrogen and oxygen atoms in total. The van der Waals surface area contributed by atoms with Gasteiger partial charge in [0.15, 0.2) is 6.10 Å². The molecular formula is C14H19NO4. The SMILES string of the molecule is CC(Oc1ccccc1)C(=O)N(CC(=O)O)C(C)C. The van der Waals surface area contributed by atoms with Crippen molar-refractivity contribution >= 4 is 11.9 Å². The smallest absolute Gasteiger partial charge is 0.323 e. The molecule has 5 heteroatoms. The zero-order valence-corrected chi connectivity index (χ0v) is 11.4. The van der Waals surface area contributed by atoms with E-state index in [9.17, 15) is 9.59 Å². The summed E-state index contributed by atoms with van der Waals surface area (Å²) in [6.07, 6.45) is -0.718. The average Bonchev–Trinajstić information content (AvgIpc) is 2.35. The van der Waals surface area contributed by atoms with Crippen LogP contribution in [0.15, 0.2) is 30.3 Å². The van der Waals surface area contributed by atoms with Crippen LogP contribution in [0.3, 0.4) is 0 Å². The molecule has 0 saturated heterocycles. The summed E-state index contributed by atoms with van der Waals surface area (Å²) in [7, 11) is 0. The summed E-state index contributed by atoms with van der Waals surface area (Å²) in [5.41, 5.74) is 0. The Balaban J connectivity index is 2.71. The Labute approximate surface area is 112 Å². The van der Waals surface area contributed by atoms with E-state index in [1.165, 1.54) is 4.90 Å². The number of carbonyl (C=O) groups is 2. The van der Waals surface area contributed by atoms with Gasteiger partial charge in [0.25, 0.3) is 5.91 Å². The van der Waals surface area contributed by atoms with E-state index in [1.807, 2.05) is 18.2 Å². The highest BCUT2D eigenvalue weighted by Crippen LogP contribution is 2.13. The molecule has 0 bridgehead atoms. The topological polar surface area (TPSA) is 66.8 Å². The van der Waals surface area contributed by atoms with Crippen LogP contribution in [0, 0.1) is 0 Å². The van der Waals surface area contributed by atoms with E-state index in [0.717, 1.165) is 0 Å². The van der Waals surface area contributed by atoms with Crippen molar-refractivity contribution in [1.29, 1.82) is 0 Å². The number of hydrogen-bond acceptors (Lipinski definition) is 3. The predicted molar refractivity (Wildman–Crippen MR) is 71.0 cm³/mol. The maximum Gasteiger partial charge on any atom is 0.323 e. The summed E-state index contributed by atoms with van der Waals surface area (Å²) in [6, 6.07) is 8.78. The van der Waals surface area contributed by atoms with Crippen LogP contribution in [0.1, 0.15) is 20.8 Å². The number of carbonyl (C=O) groups excluding carboxylic acids is 1. The Morgan fingerprint density at radius 3 is 2.26 bits per heavy atom. The van der Waals surface area contributed by atoms with Crippen molar-refractivity contribution < 1.29 is 19.4 Å². The number of ether oxygens (including phenoxy) is 1. The van der Waals surface area contributed by atoms with Crippen LogP contribution in [0.2, 0.25) is 0 Å². The van der Waals surface area contributed by atoms with Crippen molar-refractivity contribution in [3.8, 4) is 5.75 Å². The quantitative estimate of drug-likeness (QED) is 0.851. The van der Waals surface area contributed by atoms with E-state index in [0.29, 0.717) is 5.75 Å². The van der Waals surface area contributed by atoms with Crippen LogP contribution in [-0.2, 0) is 9.59 Å². The number of carboxylic acid groups (broad SMARTS) is 1. The lowest BCUT2D eigenvalue weighted by atomic mass is 10.2. The second-order valence-corrected chi connectivity index (χ2v) is 4.53. The Hall–Kier alpha value is -2.04. The fourth-order valence-corrected chi connectivity index (χ4v) is 1.65. The number of nitrogens with zero attached hydrogens (tertiary/aromatic N) is 1. The lowest BCUT2D eigenvalue weighted by Crippen LogP contribution is -2.46. The van der Waals surface area contributed by atoms with Crippen LogP contribution < -0.4 is 4.74 Å². The lowest BCUT2D eigenvalue weighted by Gasteiger charge is -2.28. The first-order valence-electron chi connectivity index (χ1n) is 6.15. The van der Waals surface area contributed by atoms with Crippen molar-refractivity contribution in [3.63, 3.8) is 0 Å². The highest BCUT2D eigenvalue weighted by atomic mass is 16.5. The van der Waals surface area contributed by atoms with Crippen molar-refractivity contribution in [2.75, 3.05) is 6.54 Å². The van der Waals surface area contributed by atoms with E-state index in [4.69, 9.17) is 9.84 Å². The summed E-state index contributed by atoms with van der Waals surface area (Å²) in [4.78, 5) is 24.2. The van der Waals surface area contributed by atoms with Crippen LogP contribution in [-0.4, -0.2) is 40.6 Å². The maximum absolute atomic E-state index is 12.2. The fourth-order valence-electron chi connectivity index (χ4n) is 1.65. The molecule has 0 saturated carbocycles. The van der Waals surface area contributed by atoms with Crippen molar-refractivity contribution in [2.45, 2.75) is 32.9 Å². The van der Waals surface area contributed by atoms with Crippen LogP contribution in [0.4, 0.5) is 0 Å². The predicted octanol–water partition coefficient (Wildman–Crippen LogP) is 1.78. The Kier molecular flexibility index (Phi) is 5.36. The largest absolute Gasteiger partial charge is 0.481 e. The van der Waals surface area contributed by atoms with Crippen molar-refractivity contribution in [3.05, 3.63) is 30.3 Å².